The van der Waals surface area contributed by atoms with Crippen molar-refractivity contribution in [1.82, 2.24) is 4.98 Å². The predicted molar refractivity (Wildman–Crippen MR) is 59.9 cm³/mol. The Morgan fingerprint density at radius 1 is 1.55 bits per heavy atom. The summed E-state index contributed by atoms with van der Waals surface area (Å²) in [5.74, 6) is 0. The second-order valence-electron chi connectivity index (χ2n) is 1.74. The first kappa shape index (κ1) is 11.9. The maximum atomic E-state index is 5.73. The zero-order valence-corrected chi connectivity index (χ0v) is 11.0. The van der Waals surface area contributed by atoms with Crippen LogP contribution in [0.5, 0.6) is 0 Å². The van der Waals surface area contributed by atoms with E-state index in [1.54, 1.807) is 6.20 Å². The SMILES string of the molecule is Br.Clc1ncc(Br)cc1CBr. The highest BCUT2D eigenvalue weighted by atomic mass is 79.9. The number of hydrogen-bond acceptors (Lipinski definition) is 1. The van der Waals surface area contributed by atoms with Gasteiger partial charge in [-0.05, 0) is 22.0 Å². The highest BCUT2D eigenvalue weighted by Gasteiger charge is 1.98. The molecule has 0 amide bonds. The van der Waals surface area contributed by atoms with Crippen LogP contribution >= 0.6 is 60.4 Å². The van der Waals surface area contributed by atoms with Crippen molar-refractivity contribution in [3.05, 3.63) is 27.5 Å². The van der Waals surface area contributed by atoms with Crippen molar-refractivity contribution < 1.29 is 0 Å². The molecule has 1 aromatic heterocycles. The van der Waals surface area contributed by atoms with E-state index in [4.69, 9.17) is 11.6 Å². The van der Waals surface area contributed by atoms with Crippen molar-refractivity contribution in [2.45, 2.75) is 5.33 Å². The van der Waals surface area contributed by atoms with E-state index >= 15 is 0 Å². The summed E-state index contributed by atoms with van der Waals surface area (Å²) in [6.07, 6.45) is 1.68. The molecule has 0 spiro atoms. The maximum absolute atomic E-state index is 5.73. The number of aromatic nitrogens is 1. The van der Waals surface area contributed by atoms with Gasteiger partial charge in [-0.25, -0.2) is 4.98 Å². The number of rotatable bonds is 1. The van der Waals surface area contributed by atoms with Gasteiger partial charge >= 0.3 is 0 Å². The molecule has 0 aliphatic rings. The summed E-state index contributed by atoms with van der Waals surface area (Å²) in [4.78, 5) is 3.94. The molecule has 0 atom stereocenters. The standard InChI is InChI=1S/C6H4Br2ClN.BrH/c7-2-4-1-5(8)3-10-6(4)9;/h1,3H,2H2;1H. The number of nitrogens with zero attached hydrogens (tertiary/aromatic N) is 1. The largest absolute Gasteiger partial charge is 0.243 e. The Labute approximate surface area is 97.6 Å². The summed E-state index contributed by atoms with van der Waals surface area (Å²) in [7, 11) is 0. The molecule has 0 unspecified atom stereocenters. The van der Waals surface area contributed by atoms with Gasteiger partial charge in [0.25, 0.3) is 0 Å². The van der Waals surface area contributed by atoms with E-state index in [-0.39, 0.29) is 17.0 Å². The smallest absolute Gasteiger partial charge is 0.133 e. The van der Waals surface area contributed by atoms with Crippen LogP contribution in [0.15, 0.2) is 16.7 Å². The third-order valence-corrected chi connectivity index (χ3v) is 2.40. The van der Waals surface area contributed by atoms with E-state index in [1.807, 2.05) is 6.07 Å². The molecule has 0 aliphatic heterocycles. The lowest BCUT2D eigenvalue weighted by molar-refractivity contribution is 1.24. The topological polar surface area (TPSA) is 12.9 Å². The van der Waals surface area contributed by atoms with Crippen molar-refractivity contribution in [3.8, 4) is 0 Å². The molecular weight excluding hydrogens is 361 g/mol. The van der Waals surface area contributed by atoms with E-state index in [9.17, 15) is 0 Å². The van der Waals surface area contributed by atoms with Gasteiger partial charge in [-0.1, -0.05) is 27.5 Å². The Balaban J connectivity index is 0.000001000. The zero-order valence-electron chi connectivity index (χ0n) is 5.35. The molecule has 0 saturated heterocycles. The quantitative estimate of drug-likeness (QED) is 0.541. The average Bonchev–Trinajstić information content (AvgIpc) is 1.94. The summed E-state index contributed by atoms with van der Waals surface area (Å²) in [5.41, 5.74) is 0.996. The van der Waals surface area contributed by atoms with Crippen LogP contribution in [-0.4, -0.2) is 4.98 Å². The van der Waals surface area contributed by atoms with E-state index in [2.05, 4.69) is 36.8 Å². The van der Waals surface area contributed by atoms with E-state index in [0.717, 1.165) is 15.4 Å². The molecule has 0 N–H and O–H groups in total. The summed E-state index contributed by atoms with van der Waals surface area (Å²) < 4.78 is 0.950. The average molecular weight is 366 g/mol. The first-order valence-electron chi connectivity index (χ1n) is 2.60. The van der Waals surface area contributed by atoms with Gasteiger partial charge in [-0.2, -0.15) is 0 Å². The van der Waals surface area contributed by atoms with Crippen molar-refractivity contribution in [2.75, 3.05) is 0 Å². The zero-order chi connectivity index (χ0) is 7.56. The van der Waals surface area contributed by atoms with E-state index in [1.165, 1.54) is 0 Å². The molecule has 0 saturated carbocycles. The molecule has 1 rings (SSSR count). The minimum Gasteiger partial charge on any atom is -0.243 e. The van der Waals surface area contributed by atoms with Gasteiger partial charge in [0.1, 0.15) is 5.15 Å². The Hall–Kier alpha value is 0.880. The normalized spacial score (nSPS) is 9.00. The molecule has 0 bridgehead atoms. The predicted octanol–water partition coefficient (Wildman–Crippen LogP) is 3.97. The molecule has 62 valence electrons. The summed E-state index contributed by atoms with van der Waals surface area (Å²) in [6, 6.07) is 1.93. The van der Waals surface area contributed by atoms with E-state index < -0.39 is 0 Å². The Bertz CT molecular complexity index is 241. The van der Waals surface area contributed by atoms with E-state index in [0.29, 0.717) is 5.15 Å². The number of hydrogen-bond donors (Lipinski definition) is 0. The summed E-state index contributed by atoms with van der Waals surface area (Å²) in [6.45, 7) is 0. The van der Waals surface area contributed by atoms with Crippen LogP contribution < -0.4 is 0 Å². The fraction of sp³-hybridized carbons (Fsp3) is 0.167. The highest BCUT2D eigenvalue weighted by molar-refractivity contribution is 9.10. The van der Waals surface area contributed by atoms with Gasteiger partial charge in [0.2, 0.25) is 0 Å². The molecule has 5 heteroatoms. The minimum atomic E-state index is 0. The van der Waals surface area contributed by atoms with Crippen molar-refractivity contribution >= 4 is 60.4 Å². The molecular formula is C6H5Br3ClN. The van der Waals surface area contributed by atoms with Gasteiger partial charge in [-0.3, -0.25) is 0 Å². The fourth-order valence-corrected chi connectivity index (χ4v) is 1.70. The van der Waals surface area contributed by atoms with Crippen molar-refractivity contribution in [3.63, 3.8) is 0 Å². The van der Waals surface area contributed by atoms with Crippen molar-refractivity contribution in [2.24, 2.45) is 0 Å². The van der Waals surface area contributed by atoms with Gasteiger partial charge in [0.15, 0.2) is 0 Å². The molecule has 1 heterocycles. The molecule has 0 aliphatic carbocycles. The van der Waals surface area contributed by atoms with Gasteiger partial charge in [0, 0.05) is 21.6 Å². The Morgan fingerprint density at radius 2 is 2.18 bits per heavy atom. The third-order valence-electron chi connectivity index (χ3n) is 1.02. The number of alkyl halides is 1. The van der Waals surface area contributed by atoms with Crippen LogP contribution in [0.2, 0.25) is 5.15 Å². The summed E-state index contributed by atoms with van der Waals surface area (Å²) in [5, 5.41) is 1.29. The molecule has 1 aromatic rings. The fourth-order valence-electron chi connectivity index (χ4n) is 0.558. The monoisotopic (exact) mass is 363 g/mol. The lowest BCUT2D eigenvalue weighted by Crippen LogP contribution is -1.83. The molecule has 0 fully saturated rings. The lowest BCUT2D eigenvalue weighted by Gasteiger charge is -1.97. The number of pyridine rings is 1. The Morgan fingerprint density at radius 3 is 2.64 bits per heavy atom. The van der Waals surface area contributed by atoms with Crippen LogP contribution in [0.1, 0.15) is 5.56 Å². The Kier molecular flexibility index (Phi) is 5.95. The van der Waals surface area contributed by atoms with Crippen LogP contribution in [0.4, 0.5) is 0 Å². The second-order valence-corrected chi connectivity index (χ2v) is 3.57. The van der Waals surface area contributed by atoms with Crippen LogP contribution in [-0.2, 0) is 5.33 Å². The molecule has 0 radical (unpaired) electrons. The van der Waals surface area contributed by atoms with Gasteiger partial charge < -0.3 is 0 Å². The van der Waals surface area contributed by atoms with Gasteiger partial charge in [0.05, 0.1) is 0 Å². The van der Waals surface area contributed by atoms with Gasteiger partial charge in [-0.15, -0.1) is 17.0 Å². The number of halogens is 4. The molecule has 0 aromatic carbocycles. The van der Waals surface area contributed by atoms with Crippen LogP contribution in [0.3, 0.4) is 0 Å². The second kappa shape index (κ2) is 5.51. The van der Waals surface area contributed by atoms with Crippen LogP contribution in [0, 0.1) is 0 Å². The van der Waals surface area contributed by atoms with Crippen molar-refractivity contribution in [1.29, 1.82) is 0 Å². The lowest BCUT2D eigenvalue weighted by atomic mass is 10.3. The maximum Gasteiger partial charge on any atom is 0.133 e. The van der Waals surface area contributed by atoms with Crippen LogP contribution in [0.25, 0.3) is 0 Å². The third kappa shape index (κ3) is 3.40. The molecule has 11 heavy (non-hydrogen) atoms. The molecule has 1 nitrogen and oxygen atoms in total. The first-order chi connectivity index (χ1) is 4.74. The highest BCUT2D eigenvalue weighted by Crippen LogP contribution is 2.19. The first-order valence-corrected chi connectivity index (χ1v) is 4.89. The minimum absolute atomic E-state index is 0. The summed E-state index contributed by atoms with van der Waals surface area (Å²) >= 11 is 12.3.